The molecule has 0 amide bonds. The van der Waals surface area contributed by atoms with E-state index in [1.165, 1.54) is 18.8 Å². The fourth-order valence-electron chi connectivity index (χ4n) is 2.74. The van der Waals surface area contributed by atoms with Crippen molar-refractivity contribution in [1.29, 1.82) is 0 Å². The first-order valence-corrected chi connectivity index (χ1v) is 11.4. The van der Waals surface area contributed by atoms with Crippen molar-refractivity contribution >= 4 is 52.2 Å². The zero-order valence-corrected chi connectivity index (χ0v) is 20.2. The Bertz CT molecular complexity index is 805. The average molecular weight is 512 g/mol. The van der Waals surface area contributed by atoms with Gasteiger partial charge < -0.3 is 20.5 Å². The van der Waals surface area contributed by atoms with Gasteiger partial charge in [0.05, 0.1) is 29.6 Å². The van der Waals surface area contributed by atoms with Crippen LogP contribution in [-0.2, 0) is 9.47 Å². The average Bonchev–Trinajstić information content (AvgIpc) is 3.46. The van der Waals surface area contributed by atoms with E-state index < -0.39 is 0 Å². The van der Waals surface area contributed by atoms with Gasteiger partial charge in [0.15, 0.2) is 5.15 Å². The molecule has 31 heavy (non-hydrogen) atoms. The number of nitrogens with two attached hydrogens (primary N) is 1. The lowest BCUT2D eigenvalue weighted by molar-refractivity contribution is 0.117. The smallest absolute Gasteiger partial charge is 0.224 e. The fourth-order valence-corrected chi connectivity index (χ4v) is 3.30. The predicted octanol–water partition coefficient (Wildman–Crippen LogP) is 4.59. The van der Waals surface area contributed by atoms with Gasteiger partial charge in [0.2, 0.25) is 5.28 Å². The molecule has 3 N–H and O–H groups in total. The molecule has 12 heteroatoms. The van der Waals surface area contributed by atoms with Gasteiger partial charge in [-0.15, -0.1) is 0 Å². The molecule has 2 unspecified atom stereocenters. The van der Waals surface area contributed by atoms with E-state index in [-0.39, 0.29) is 11.4 Å². The summed E-state index contributed by atoms with van der Waals surface area (Å²) < 4.78 is 10.6. The van der Waals surface area contributed by atoms with Gasteiger partial charge in [-0.1, -0.05) is 34.8 Å². The highest BCUT2D eigenvalue weighted by Gasteiger charge is 2.16. The second kappa shape index (κ2) is 14.2. The maximum Gasteiger partial charge on any atom is 0.224 e. The summed E-state index contributed by atoms with van der Waals surface area (Å²) in [6.07, 6.45) is 8.13. The lowest BCUT2D eigenvalue weighted by Crippen LogP contribution is -2.19. The second-order valence-corrected chi connectivity index (χ2v) is 8.29. The Morgan fingerprint density at radius 3 is 2.13 bits per heavy atom. The highest BCUT2D eigenvalue weighted by atomic mass is 35.5. The van der Waals surface area contributed by atoms with Crippen LogP contribution in [0.2, 0.25) is 20.5 Å². The van der Waals surface area contributed by atoms with E-state index in [9.17, 15) is 0 Å². The van der Waals surface area contributed by atoms with Gasteiger partial charge in [-0.25, -0.2) is 15.0 Å². The highest BCUT2D eigenvalue weighted by molar-refractivity contribution is 6.41. The number of nitrogens with one attached hydrogen (secondary N) is 1. The molecule has 8 nitrogen and oxygen atoms in total. The quantitative estimate of drug-likeness (QED) is 0.453. The highest BCUT2D eigenvalue weighted by Crippen LogP contribution is 2.20. The summed E-state index contributed by atoms with van der Waals surface area (Å²) in [5.74, 6) is 1.19. The number of halogens is 4. The standard InChI is InChI=1S/C9H11Cl2N3O.C5H4Cl2N2.C5H11NO/c10-7-5-13-9(11)14-8(7)12-4-6-2-1-3-15-6;1-3-8-2-4(6)5(7)9-3;6-4-5-2-1-3-7-5/h5-6H,1-4H2,(H,12,13,14);2H,1H3;5H,1-4,6H2. The number of aryl methyl sites for hydroxylation is 1. The molecule has 0 radical (unpaired) electrons. The summed E-state index contributed by atoms with van der Waals surface area (Å²) in [4.78, 5) is 15.4. The monoisotopic (exact) mass is 510 g/mol. The molecule has 2 aliphatic heterocycles. The van der Waals surface area contributed by atoms with Crippen LogP contribution in [0.5, 0.6) is 0 Å². The van der Waals surface area contributed by atoms with Gasteiger partial charge in [-0.2, -0.15) is 4.98 Å². The molecule has 2 fully saturated rings. The summed E-state index contributed by atoms with van der Waals surface area (Å²) in [5.41, 5.74) is 5.31. The van der Waals surface area contributed by atoms with Crippen molar-refractivity contribution in [3.63, 3.8) is 0 Å². The van der Waals surface area contributed by atoms with Crippen LogP contribution in [0.3, 0.4) is 0 Å². The Morgan fingerprint density at radius 1 is 0.968 bits per heavy atom. The Morgan fingerprint density at radius 2 is 1.61 bits per heavy atom. The van der Waals surface area contributed by atoms with Crippen LogP contribution in [0.4, 0.5) is 5.82 Å². The second-order valence-electron chi connectivity index (χ2n) is 6.78. The van der Waals surface area contributed by atoms with Crippen molar-refractivity contribution in [2.45, 2.75) is 44.8 Å². The third kappa shape index (κ3) is 9.99. The van der Waals surface area contributed by atoms with E-state index in [0.29, 0.717) is 46.0 Å². The van der Waals surface area contributed by atoms with Crippen molar-refractivity contribution in [3.05, 3.63) is 38.7 Å². The summed E-state index contributed by atoms with van der Waals surface area (Å²) in [6.45, 7) is 4.90. The molecule has 4 heterocycles. The van der Waals surface area contributed by atoms with Crippen LogP contribution in [-0.4, -0.2) is 58.4 Å². The molecule has 2 aromatic rings. The first kappa shape index (κ1) is 26.3. The van der Waals surface area contributed by atoms with Crippen LogP contribution in [0.1, 0.15) is 31.5 Å². The van der Waals surface area contributed by atoms with E-state index in [4.69, 9.17) is 61.6 Å². The molecule has 2 atom stereocenters. The molecule has 0 aliphatic carbocycles. The van der Waals surface area contributed by atoms with E-state index in [0.717, 1.165) is 32.5 Å². The van der Waals surface area contributed by atoms with E-state index >= 15 is 0 Å². The fraction of sp³-hybridized carbons (Fsp3) is 0.579. The number of hydrogen-bond acceptors (Lipinski definition) is 8. The van der Waals surface area contributed by atoms with Gasteiger partial charge >= 0.3 is 0 Å². The Hall–Kier alpha value is -1.00. The number of ether oxygens (including phenoxy) is 2. The molecule has 0 aromatic carbocycles. The van der Waals surface area contributed by atoms with E-state index in [1.54, 1.807) is 6.92 Å². The summed E-state index contributed by atoms with van der Waals surface area (Å²) in [7, 11) is 0. The number of hydrogen-bond donors (Lipinski definition) is 2. The number of aromatic nitrogens is 4. The van der Waals surface area contributed by atoms with Crippen LogP contribution in [0.25, 0.3) is 0 Å². The zero-order valence-electron chi connectivity index (χ0n) is 17.2. The molecule has 172 valence electrons. The normalized spacial score (nSPS) is 19.8. The van der Waals surface area contributed by atoms with Crippen LogP contribution in [0, 0.1) is 6.92 Å². The molecule has 2 aromatic heterocycles. The molecular formula is C19H26Cl4N6O2. The van der Waals surface area contributed by atoms with Crippen molar-refractivity contribution in [2.75, 3.05) is 31.6 Å². The van der Waals surface area contributed by atoms with Crippen molar-refractivity contribution < 1.29 is 9.47 Å². The zero-order chi connectivity index (χ0) is 22.6. The minimum atomic E-state index is 0.189. The van der Waals surface area contributed by atoms with Gasteiger partial charge in [0, 0.05) is 26.3 Å². The number of anilines is 1. The van der Waals surface area contributed by atoms with Gasteiger partial charge in [0.1, 0.15) is 16.7 Å². The third-order valence-electron chi connectivity index (χ3n) is 4.34. The Balaban J connectivity index is 0.000000181. The third-order valence-corrected chi connectivity index (χ3v) is 5.46. The van der Waals surface area contributed by atoms with Crippen LogP contribution < -0.4 is 11.1 Å². The summed E-state index contributed by atoms with van der Waals surface area (Å²) >= 11 is 22.6. The van der Waals surface area contributed by atoms with Crippen LogP contribution in [0.15, 0.2) is 12.4 Å². The maximum absolute atomic E-state index is 5.89. The van der Waals surface area contributed by atoms with Crippen LogP contribution >= 0.6 is 46.4 Å². The molecule has 2 saturated heterocycles. The molecule has 0 bridgehead atoms. The van der Waals surface area contributed by atoms with E-state index in [1.807, 2.05) is 0 Å². The SMILES string of the molecule is Cc1ncc(Cl)c(Cl)n1.Clc1ncc(Cl)c(NCC2CCCO2)n1.NCC1CCCO1. The summed E-state index contributed by atoms with van der Waals surface area (Å²) in [6, 6.07) is 0. The largest absolute Gasteiger partial charge is 0.377 e. The topological polar surface area (TPSA) is 108 Å². The first-order chi connectivity index (χ1) is 14.9. The van der Waals surface area contributed by atoms with Crippen molar-refractivity contribution in [3.8, 4) is 0 Å². The minimum absolute atomic E-state index is 0.189. The Kier molecular flexibility index (Phi) is 12.0. The number of nitrogens with zero attached hydrogens (tertiary/aromatic N) is 4. The van der Waals surface area contributed by atoms with Gasteiger partial charge in [0.25, 0.3) is 0 Å². The van der Waals surface area contributed by atoms with E-state index in [2.05, 4.69) is 25.3 Å². The minimum Gasteiger partial charge on any atom is -0.377 e. The van der Waals surface area contributed by atoms with Crippen molar-refractivity contribution in [1.82, 2.24) is 19.9 Å². The number of rotatable bonds is 4. The molecule has 2 aliphatic rings. The lowest BCUT2D eigenvalue weighted by atomic mass is 10.2. The first-order valence-electron chi connectivity index (χ1n) is 9.88. The molecular weight excluding hydrogens is 486 g/mol. The molecule has 4 rings (SSSR count). The predicted molar refractivity (Wildman–Crippen MR) is 124 cm³/mol. The van der Waals surface area contributed by atoms with Crippen molar-refractivity contribution in [2.24, 2.45) is 5.73 Å². The molecule has 0 saturated carbocycles. The van der Waals surface area contributed by atoms with Gasteiger partial charge in [-0.05, 0) is 44.2 Å². The maximum atomic E-state index is 5.89. The summed E-state index contributed by atoms with van der Waals surface area (Å²) in [5, 5.41) is 4.46. The molecule has 0 spiro atoms. The lowest BCUT2D eigenvalue weighted by Gasteiger charge is -2.11. The Labute approximate surface area is 202 Å². The van der Waals surface area contributed by atoms with Gasteiger partial charge in [-0.3, -0.25) is 0 Å².